The molecule has 1 amide bonds. The molecule has 0 unspecified atom stereocenters. The predicted octanol–water partition coefficient (Wildman–Crippen LogP) is -0.774. The van der Waals surface area contributed by atoms with E-state index in [1.54, 1.807) is 0 Å². The lowest BCUT2D eigenvalue weighted by atomic mass is 10.1. The van der Waals surface area contributed by atoms with E-state index in [1.807, 2.05) is 6.92 Å². The van der Waals surface area contributed by atoms with Gasteiger partial charge in [0, 0.05) is 6.54 Å². The number of nitrogens with one attached hydrogen (secondary N) is 1. The van der Waals surface area contributed by atoms with Crippen LogP contribution in [0.1, 0.15) is 6.92 Å². The molecule has 6 heteroatoms. The van der Waals surface area contributed by atoms with Crippen LogP contribution in [-0.4, -0.2) is 50.2 Å². The van der Waals surface area contributed by atoms with Crippen molar-refractivity contribution in [2.24, 2.45) is 5.73 Å². The van der Waals surface area contributed by atoms with Gasteiger partial charge in [-0.25, -0.2) is 4.79 Å². The monoisotopic (exact) mass is 216 g/mol. The van der Waals surface area contributed by atoms with Crippen molar-refractivity contribution in [1.82, 2.24) is 5.32 Å². The van der Waals surface area contributed by atoms with Gasteiger partial charge >= 0.3 is 6.09 Å². The summed E-state index contributed by atoms with van der Waals surface area (Å²) < 4.78 is 16.0. The second kappa shape index (κ2) is 4.34. The van der Waals surface area contributed by atoms with E-state index in [1.165, 1.54) is 0 Å². The molecule has 2 aliphatic heterocycles. The van der Waals surface area contributed by atoms with Crippen molar-refractivity contribution in [3.63, 3.8) is 0 Å². The van der Waals surface area contributed by atoms with Crippen LogP contribution in [0.5, 0.6) is 0 Å². The summed E-state index contributed by atoms with van der Waals surface area (Å²) in [5.41, 5.74) is 5.77. The van der Waals surface area contributed by atoms with Crippen molar-refractivity contribution in [3.8, 4) is 0 Å². The summed E-state index contributed by atoms with van der Waals surface area (Å²) in [4.78, 5) is 11.2. The van der Waals surface area contributed by atoms with E-state index < -0.39 is 6.09 Å². The number of hydrogen-bond donors (Lipinski definition) is 2. The van der Waals surface area contributed by atoms with Gasteiger partial charge in [-0.15, -0.1) is 0 Å². The highest BCUT2D eigenvalue weighted by Gasteiger charge is 2.48. The first-order chi connectivity index (χ1) is 7.22. The zero-order valence-electron chi connectivity index (χ0n) is 8.64. The summed E-state index contributed by atoms with van der Waals surface area (Å²) >= 11 is 0. The number of amides is 1. The summed E-state index contributed by atoms with van der Waals surface area (Å²) in [5.74, 6) is 0. The molecule has 15 heavy (non-hydrogen) atoms. The van der Waals surface area contributed by atoms with Crippen LogP contribution in [0.4, 0.5) is 4.79 Å². The summed E-state index contributed by atoms with van der Waals surface area (Å²) in [7, 11) is 0. The van der Waals surface area contributed by atoms with Gasteiger partial charge in [-0.05, 0) is 6.92 Å². The number of hydrogen-bond acceptors (Lipinski definition) is 5. The summed E-state index contributed by atoms with van der Waals surface area (Å²) in [6.45, 7) is 3.20. The topological polar surface area (TPSA) is 82.8 Å². The maximum Gasteiger partial charge on any atom is 0.407 e. The van der Waals surface area contributed by atoms with Gasteiger partial charge in [0.2, 0.25) is 0 Å². The highest BCUT2D eigenvalue weighted by atomic mass is 16.6. The molecular weight excluding hydrogens is 200 g/mol. The molecule has 86 valence electrons. The Bertz CT molecular complexity index is 248. The largest absolute Gasteiger partial charge is 0.441 e. The molecular formula is C9H16N2O4. The first-order valence-corrected chi connectivity index (χ1v) is 5.15. The lowest BCUT2D eigenvalue weighted by molar-refractivity contribution is 0.00444. The average molecular weight is 216 g/mol. The number of nitrogens with two attached hydrogens (primary N) is 1. The molecule has 4 atom stereocenters. The standard InChI is InChI=1S/C9H16N2O4/c1-2-11-9(12)15-6-4-14-7-5(10)3-13-8(6)7/h5-8H,2-4,10H2,1H3,(H,11,12)/t5-,6+,7+,8+/m0/s1. The van der Waals surface area contributed by atoms with Gasteiger partial charge < -0.3 is 25.3 Å². The van der Waals surface area contributed by atoms with Crippen molar-refractivity contribution in [2.45, 2.75) is 31.3 Å². The molecule has 2 rings (SSSR count). The van der Waals surface area contributed by atoms with Gasteiger partial charge in [0.1, 0.15) is 12.2 Å². The molecule has 2 saturated heterocycles. The molecule has 0 radical (unpaired) electrons. The predicted molar refractivity (Wildman–Crippen MR) is 51.4 cm³/mol. The fraction of sp³-hybridized carbons (Fsp3) is 0.889. The van der Waals surface area contributed by atoms with Crippen LogP contribution in [0.25, 0.3) is 0 Å². The smallest absolute Gasteiger partial charge is 0.407 e. The Labute approximate surface area is 88.0 Å². The van der Waals surface area contributed by atoms with Gasteiger partial charge in [0.15, 0.2) is 6.10 Å². The zero-order valence-corrected chi connectivity index (χ0v) is 8.64. The lowest BCUT2D eigenvalue weighted by Gasteiger charge is -2.16. The van der Waals surface area contributed by atoms with E-state index in [-0.39, 0.29) is 24.4 Å². The fourth-order valence-electron chi connectivity index (χ4n) is 1.92. The van der Waals surface area contributed by atoms with Crippen LogP contribution in [0.3, 0.4) is 0 Å². The molecule has 6 nitrogen and oxygen atoms in total. The van der Waals surface area contributed by atoms with Gasteiger partial charge in [-0.3, -0.25) is 0 Å². The van der Waals surface area contributed by atoms with E-state index >= 15 is 0 Å². The third-order valence-electron chi connectivity index (χ3n) is 2.63. The van der Waals surface area contributed by atoms with Gasteiger partial charge in [0.05, 0.1) is 19.3 Å². The Morgan fingerprint density at radius 1 is 1.47 bits per heavy atom. The highest BCUT2D eigenvalue weighted by Crippen LogP contribution is 2.27. The molecule has 2 heterocycles. The minimum Gasteiger partial charge on any atom is -0.441 e. The van der Waals surface area contributed by atoms with Crippen molar-refractivity contribution in [1.29, 1.82) is 0 Å². The van der Waals surface area contributed by atoms with Crippen molar-refractivity contribution >= 4 is 6.09 Å². The minimum absolute atomic E-state index is 0.113. The van der Waals surface area contributed by atoms with Crippen LogP contribution < -0.4 is 11.1 Å². The van der Waals surface area contributed by atoms with E-state index in [0.29, 0.717) is 19.8 Å². The number of alkyl carbamates (subject to hydrolysis) is 1. The van der Waals surface area contributed by atoms with Gasteiger partial charge in [-0.1, -0.05) is 0 Å². The first kappa shape index (κ1) is 10.7. The Kier molecular flexibility index (Phi) is 3.08. The molecule has 0 aromatic carbocycles. The number of fused-ring (bicyclic) bond motifs is 1. The van der Waals surface area contributed by atoms with Gasteiger partial charge in [-0.2, -0.15) is 0 Å². The normalized spacial score (nSPS) is 38.8. The maximum atomic E-state index is 11.2. The summed E-state index contributed by atoms with van der Waals surface area (Å²) in [6.07, 6.45) is -1.11. The number of rotatable bonds is 2. The Balaban J connectivity index is 1.87. The summed E-state index contributed by atoms with van der Waals surface area (Å²) in [5, 5.41) is 2.56. The molecule has 2 fully saturated rings. The third-order valence-corrected chi connectivity index (χ3v) is 2.63. The van der Waals surface area contributed by atoms with E-state index in [9.17, 15) is 4.79 Å². The third kappa shape index (κ3) is 2.06. The average Bonchev–Trinajstić information content (AvgIpc) is 2.72. The fourth-order valence-corrected chi connectivity index (χ4v) is 1.92. The molecule has 0 spiro atoms. The zero-order chi connectivity index (χ0) is 10.8. The molecule has 0 aromatic heterocycles. The lowest BCUT2D eigenvalue weighted by Crippen LogP contribution is -2.39. The van der Waals surface area contributed by atoms with Gasteiger partial charge in [0.25, 0.3) is 0 Å². The van der Waals surface area contributed by atoms with Crippen LogP contribution >= 0.6 is 0 Å². The minimum atomic E-state index is -0.434. The molecule has 0 aromatic rings. The second-order valence-corrected chi connectivity index (χ2v) is 3.73. The van der Waals surface area contributed by atoms with Crippen LogP contribution in [-0.2, 0) is 14.2 Å². The molecule has 2 aliphatic rings. The van der Waals surface area contributed by atoms with Crippen LogP contribution in [0.2, 0.25) is 0 Å². The maximum absolute atomic E-state index is 11.2. The van der Waals surface area contributed by atoms with Crippen molar-refractivity contribution < 1.29 is 19.0 Å². The Hall–Kier alpha value is -0.850. The van der Waals surface area contributed by atoms with Crippen LogP contribution in [0, 0.1) is 0 Å². The highest BCUT2D eigenvalue weighted by molar-refractivity contribution is 5.67. The number of carbonyl (C=O) groups is 1. The Morgan fingerprint density at radius 2 is 2.20 bits per heavy atom. The molecule has 3 N–H and O–H groups in total. The number of ether oxygens (including phenoxy) is 3. The molecule has 0 bridgehead atoms. The van der Waals surface area contributed by atoms with Crippen LogP contribution in [0.15, 0.2) is 0 Å². The van der Waals surface area contributed by atoms with E-state index in [2.05, 4.69) is 5.32 Å². The van der Waals surface area contributed by atoms with E-state index in [4.69, 9.17) is 19.9 Å². The number of carbonyl (C=O) groups excluding carboxylic acids is 1. The first-order valence-electron chi connectivity index (χ1n) is 5.15. The quantitative estimate of drug-likeness (QED) is 0.633. The van der Waals surface area contributed by atoms with E-state index in [0.717, 1.165) is 0 Å². The Morgan fingerprint density at radius 3 is 2.93 bits per heavy atom. The second-order valence-electron chi connectivity index (χ2n) is 3.73. The van der Waals surface area contributed by atoms with Crippen molar-refractivity contribution in [2.75, 3.05) is 19.8 Å². The SMILES string of the molecule is CCNC(=O)O[C@@H]1CO[C@H]2[C@@H]1OC[C@@H]2N. The van der Waals surface area contributed by atoms with Crippen molar-refractivity contribution in [3.05, 3.63) is 0 Å². The molecule has 0 aliphatic carbocycles. The molecule has 0 saturated carbocycles. The summed E-state index contributed by atoms with van der Waals surface area (Å²) in [6, 6.07) is -0.113.